The number of nitrogens with one attached hydrogen (secondary N) is 1. The number of nitriles is 1. The molecule has 0 atom stereocenters. The summed E-state index contributed by atoms with van der Waals surface area (Å²) in [7, 11) is 0. The molecule has 0 aliphatic heterocycles. The second-order valence-corrected chi connectivity index (χ2v) is 5.98. The maximum absolute atomic E-state index is 12.7. The second kappa shape index (κ2) is 6.40. The van der Waals surface area contributed by atoms with Gasteiger partial charge in [0.2, 0.25) is 0 Å². The van der Waals surface area contributed by atoms with Gasteiger partial charge in [-0.1, -0.05) is 0 Å². The van der Waals surface area contributed by atoms with Gasteiger partial charge < -0.3 is 9.55 Å². The zero-order chi connectivity index (χ0) is 18.1. The van der Waals surface area contributed by atoms with Crippen LogP contribution in [0.15, 0.2) is 27.9 Å². The summed E-state index contributed by atoms with van der Waals surface area (Å²) < 4.78 is 3.56. The van der Waals surface area contributed by atoms with E-state index in [4.69, 9.17) is 5.26 Å². The summed E-state index contributed by atoms with van der Waals surface area (Å²) in [6.07, 6.45) is 2.36. The van der Waals surface area contributed by atoms with Crippen LogP contribution in [0.2, 0.25) is 0 Å². The molecule has 0 fully saturated rings. The number of aryl methyl sites for hydroxylation is 3. The highest BCUT2D eigenvalue weighted by atomic mass is 16.1. The molecule has 128 valence electrons. The average Bonchev–Trinajstić information content (AvgIpc) is 2.87. The molecule has 25 heavy (non-hydrogen) atoms. The number of aromatic amines is 1. The van der Waals surface area contributed by atoms with E-state index in [1.54, 1.807) is 16.8 Å². The average molecular weight is 337 g/mol. The number of pyridine rings is 2. The summed E-state index contributed by atoms with van der Waals surface area (Å²) in [5.41, 5.74) is 2.92. The first kappa shape index (κ1) is 16.7. The predicted molar refractivity (Wildman–Crippen MR) is 94.6 cm³/mol. The van der Waals surface area contributed by atoms with Crippen molar-refractivity contribution in [1.29, 1.82) is 5.26 Å². The highest BCUT2D eigenvalue weighted by Crippen LogP contribution is 2.14. The fourth-order valence-electron chi connectivity index (χ4n) is 3.14. The van der Waals surface area contributed by atoms with Crippen LogP contribution >= 0.6 is 0 Å². The van der Waals surface area contributed by atoms with Crippen molar-refractivity contribution in [2.75, 3.05) is 0 Å². The molecule has 0 aliphatic carbocycles. The summed E-state index contributed by atoms with van der Waals surface area (Å²) in [4.78, 5) is 26.9. The molecule has 3 aromatic rings. The van der Waals surface area contributed by atoms with Crippen molar-refractivity contribution in [1.82, 2.24) is 19.3 Å². The molecular weight excluding hydrogens is 318 g/mol. The lowest BCUT2D eigenvalue weighted by molar-refractivity contribution is 0.630. The molecular formula is C18H19N5O2. The molecule has 0 amide bonds. The van der Waals surface area contributed by atoms with Crippen LogP contribution in [-0.4, -0.2) is 19.3 Å². The molecule has 3 aromatic heterocycles. The Morgan fingerprint density at radius 1 is 1.32 bits per heavy atom. The molecule has 7 heteroatoms. The molecule has 0 aliphatic rings. The van der Waals surface area contributed by atoms with E-state index in [0.717, 1.165) is 23.5 Å². The molecule has 0 spiro atoms. The molecule has 1 N–H and O–H groups in total. The van der Waals surface area contributed by atoms with Crippen molar-refractivity contribution < 1.29 is 0 Å². The van der Waals surface area contributed by atoms with Crippen LogP contribution in [0.25, 0.3) is 10.9 Å². The maximum Gasteiger partial charge on any atom is 0.266 e. The third kappa shape index (κ3) is 2.87. The lowest BCUT2D eigenvalue weighted by Gasteiger charge is -2.08. The fourth-order valence-corrected chi connectivity index (χ4v) is 3.14. The van der Waals surface area contributed by atoms with E-state index in [-0.39, 0.29) is 11.1 Å². The Kier molecular flexibility index (Phi) is 4.28. The van der Waals surface area contributed by atoms with Crippen molar-refractivity contribution in [3.63, 3.8) is 0 Å². The number of hydrogen-bond acceptors (Lipinski definition) is 4. The van der Waals surface area contributed by atoms with Gasteiger partial charge in [0.25, 0.3) is 11.1 Å². The van der Waals surface area contributed by atoms with E-state index < -0.39 is 5.56 Å². The Bertz CT molecular complexity index is 1110. The number of fused-ring (bicyclic) bond motifs is 1. The number of hydrogen-bond donors (Lipinski definition) is 1. The van der Waals surface area contributed by atoms with E-state index in [2.05, 4.69) is 10.1 Å². The Balaban J connectivity index is 1.98. The van der Waals surface area contributed by atoms with Crippen LogP contribution in [0.3, 0.4) is 0 Å². The van der Waals surface area contributed by atoms with E-state index in [0.29, 0.717) is 23.9 Å². The third-order valence-electron chi connectivity index (χ3n) is 4.54. The molecule has 3 heterocycles. The van der Waals surface area contributed by atoms with Crippen LogP contribution < -0.4 is 11.1 Å². The van der Waals surface area contributed by atoms with Crippen LogP contribution in [0, 0.1) is 25.2 Å². The quantitative estimate of drug-likeness (QED) is 0.782. The van der Waals surface area contributed by atoms with E-state index in [1.165, 1.54) is 6.07 Å². The van der Waals surface area contributed by atoms with Gasteiger partial charge in [-0.15, -0.1) is 0 Å². The lowest BCUT2D eigenvalue weighted by atomic mass is 10.1. The summed E-state index contributed by atoms with van der Waals surface area (Å²) in [6.45, 7) is 7.37. The summed E-state index contributed by atoms with van der Waals surface area (Å²) in [5.74, 6) is 0. The van der Waals surface area contributed by atoms with Crippen molar-refractivity contribution in [3.8, 4) is 6.07 Å². The van der Waals surface area contributed by atoms with Crippen LogP contribution in [-0.2, 0) is 19.5 Å². The molecule has 7 nitrogen and oxygen atoms in total. The minimum absolute atomic E-state index is 0.0572. The van der Waals surface area contributed by atoms with Gasteiger partial charge >= 0.3 is 0 Å². The van der Waals surface area contributed by atoms with Crippen LogP contribution in [0.4, 0.5) is 0 Å². The second-order valence-electron chi connectivity index (χ2n) is 5.98. The van der Waals surface area contributed by atoms with Crippen molar-refractivity contribution in [2.45, 2.75) is 40.3 Å². The van der Waals surface area contributed by atoms with Gasteiger partial charge in [0.05, 0.1) is 16.6 Å². The Morgan fingerprint density at radius 2 is 2.08 bits per heavy atom. The van der Waals surface area contributed by atoms with Crippen LogP contribution in [0.1, 0.15) is 29.4 Å². The van der Waals surface area contributed by atoms with Crippen molar-refractivity contribution in [3.05, 3.63) is 61.6 Å². The first-order chi connectivity index (χ1) is 12.0. The predicted octanol–water partition coefficient (Wildman–Crippen LogP) is 1.64. The lowest BCUT2D eigenvalue weighted by Crippen LogP contribution is -2.23. The Labute approximate surface area is 144 Å². The zero-order valence-electron chi connectivity index (χ0n) is 14.5. The smallest absolute Gasteiger partial charge is 0.266 e. The summed E-state index contributed by atoms with van der Waals surface area (Å²) >= 11 is 0. The number of rotatable bonds is 4. The van der Waals surface area contributed by atoms with Gasteiger partial charge in [0, 0.05) is 25.0 Å². The van der Waals surface area contributed by atoms with Crippen molar-refractivity contribution >= 4 is 10.9 Å². The number of aromatic nitrogens is 4. The molecule has 0 radical (unpaired) electrons. The van der Waals surface area contributed by atoms with E-state index >= 15 is 0 Å². The molecule has 0 saturated heterocycles. The standard InChI is InChI=1S/C18H19N5O2/c1-4-23-12(3)14(11(2)21-23)5-7-22-8-6-16-15(18(22)25)9-13(10-19)17(24)20-16/h6,8-9H,4-5,7H2,1-3H3,(H,20,24). The molecule has 0 saturated carbocycles. The number of nitrogens with zero attached hydrogens (tertiary/aromatic N) is 4. The summed E-state index contributed by atoms with van der Waals surface area (Å²) in [6, 6.07) is 4.86. The topological polar surface area (TPSA) is 96.5 Å². The molecule has 0 bridgehead atoms. The largest absolute Gasteiger partial charge is 0.321 e. The van der Waals surface area contributed by atoms with Crippen molar-refractivity contribution in [2.24, 2.45) is 0 Å². The molecule has 0 aromatic carbocycles. The molecule has 0 unspecified atom stereocenters. The highest BCUT2D eigenvalue weighted by molar-refractivity contribution is 5.78. The summed E-state index contributed by atoms with van der Waals surface area (Å²) in [5, 5.41) is 13.8. The van der Waals surface area contributed by atoms with Gasteiger partial charge in [-0.3, -0.25) is 14.3 Å². The van der Waals surface area contributed by atoms with Gasteiger partial charge in [-0.2, -0.15) is 10.4 Å². The zero-order valence-corrected chi connectivity index (χ0v) is 14.5. The number of H-pyrrole nitrogens is 1. The minimum atomic E-state index is -0.481. The Hall–Kier alpha value is -3.14. The van der Waals surface area contributed by atoms with Gasteiger partial charge in [0.15, 0.2) is 0 Å². The van der Waals surface area contributed by atoms with E-state index in [1.807, 2.05) is 31.5 Å². The van der Waals surface area contributed by atoms with Gasteiger partial charge in [-0.25, -0.2) is 0 Å². The van der Waals surface area contributed by atoms with Crippen LogP contribution in [0.5, 0.6) is 0 Å². The van der Waals surface area contributed by atoms with Gasteiger partial charge in [-0.05, 0) is 44.9 Å². The maximum atomic E-state index is 12.7. The first-order valence-corrected chi connectivity index (χ1v) is 8.15. The molecule has 3 rings (SSSR count). The third-order valence-corrected chi connectivity index (χ3v) is 4.54. The minimum Gasteiger partial charge on any atom is -0.321 e. The van der Waals surface area contributed by atoms with Gasteiger partial charge in [0.1, 0.15) is 11.6 Å². The van der Waals surface area contributed by atoms with E-state index in [9.17, 15) is 9.59 Å². The SMILES string of the molecule is CCn1nc(C)c(CCn2ccc3[nH]c(=O)c(C#N)cc3c2=O)c1C. The highest BCUT2D eigenvalue weighted by Gasteiger charge is 2.12. The fraction of sp³-hybridized carbons (Fsp3) is 0.333. The first-order valence-electron chi connectivity index (χ1n) is 8.15. The normalized spacial score (nSPS) is 11.0. The Morgan fingerprint density at radius 3 is 2.72 bits per heavy atom. The monoisotopic (exact) mass is 337 g/mol.